The molecule has 0 aliphatic heterocycles. The molecule has 0 radical (unpaired) electrons. The van der Waals surface area contributed by atoms with Gasteiger partial charge in [0.25, 0.3) is 0 Å². The molecule has 4 aromatic heterocycles. The number of nitrogens with zero attached hydrogens (tertiary/aromatic N) is 7. The number of halogens is 2. The Morgan fingerprint density at radius 1 is 1.09 bits per heavy atom. The lowest BCUT2D eigenvalue weighted by molar-refractivity contribution is 0.0696. The molecule has 12 heteroatoms. The van der Waals surface area contributed by atoms with Crippen molar-refractivity contribution in [3.05, 3.63) is 77.6 Å². The Morgan fingerprint density at radius 3 is 2.76 bits per heavy atom. The fourth-order valence-corrected chi connectivity index (χ4v) is 3.23. The fourth-order valence-electron chi connectivity index (χ4n) is 3.05. The molecular weight excluding hydrogens is 451 g/mol. The van der Waals surface area contributed by atoms with Crippen LogP contribution in [0.4, 0.5) is 16.0 Å². The van der Waals surface area contributed by atoms with Crippen LogP contribution in [0.1, 0.15) is 10.4 Å². The van der Waals surface area contributed by atoms with Crippen LogP contribution in [0.15, 0.2) is 61.2 Å². The van der Waals surface area contributed by atoms with Crippen LogP contribution in [0.5, 0.6) is 0 Å². The molecule has 0 amide bonds. The minimum atomic E-state index is -1.12. The summed E-state index contributed by atoms with van der Waals surface area (Å²) in [4.78, 5) is 29.7. The normalized spacial score (nSPS) is 11.0. The molecule has 0 unspecified atom stereocenters. The summed E-state index contributed by atoms with van der Waals surface area (Å²) >= 11 is 5.86. The molecule has 162 valence electrons. The number of carboxylic acid groups (broad SMARTS) is 1. The summed E-state index contributed by atoms with van der Waals surface area (Å²) < 4.78 is 13.5. The van der Waals surface area contributed by atoms with Crippen molar-refractivity contribution >= 4 is 40.4 Å². The predicted octanol–water partition coefficient (Wildman–Crippen LogP) is 3.90. The smallest absolute Gasteiger partial charge is 0.337 e. The van der Waals surface area contributed by atoms with E-state index >= 15 is 0 Å². The highest BCUT2D eigenvalue weighted by Gasteiger charge is 2.17. The van der Waals surface area contributed by atoms with Crippen molar-refractivity contribution in [3.63, 3.8) is 0 Å². The molecule has 0 bridgehead atoms. The minimum absolute atomic E-state index is 0.00172. The monoisotopic (exact) mass is 462 g/mol. The van der Waals surface area contributed by atoms with E-state index in [1.807, 2.05) is 0 Å². The van der Waals surface area contributed by atoms with Gasteiger partial charge in [0, 0.05) is 41.6 Å². The average molecular weight is 463 g/mol. The van der Waals surface area contributed by atoms with Crippen molar-refractivity contribution < 1.29 is 14.3 Å². The molecule has 2 N–H and O–H groups in total. The number of anilines is 2. The van der Waals surface area contributed by atoms with Crippen molar-refractivity contribution in [2.45, 2.75) is 0 Å². The zero-order chi connectivity index (χ0) is 22.9. The molecule has 10 nitrogen and oxygen atoms in total. The van der Waals surface area contributed by atoms with Gasteiger partial charge in [0.05, 0.1) is 10.6 Å². The summed E-state index contributed by atoms with van der Waals surface area (Å²) in [5.74, 6) is -1.26. The summed E-state index contributed by atoms with van der Waals surface area (Å²) in [5.41, 5.74) is 2.31. The van der Waals surface area contributed by atoms with Crippen LogP contribution in [-0.4, -0.2) is 46.0 Å². The number of rotatable bonds is 5. The van der Waals surface area contributed by atoms with Gasteiger partial charge in [-0.2, -0.15) is 4.98 Å². The quantitative estimate of drug-likeness (QED) is 0.399. The molecule has 0 fully saturated rings. The number of hydrogen-bond acceptors (Lipinski definition) is 8. The number of nitrogens with one attached hydrogen (secondary N) is 1. The Labute approximate surface area is 189 Å². The van der Waals surface area contributed by atoms with Crippen LogP contribution >= 0.6 is 11.6 Å². The van der Waals surface area contributed by atoms with Gasteiger partial charge in [-0.05, 0) is 36.4 Å². The number of hydrogen-bond donors (Lipinski definition) is 2. The lowest BCUT2D eigenvalue weighted by Gasteiger charge is -2.11. The molecule has 5 rings (SSSR count). The standard InChI is InChI=1S/C21H12ClFN8O2/c22-15-7-13(3-4-16(15)23)27-21-26-10-14(11-6-12(20(32)33)9-24-8-11)19(28-21)31-29-17-2-1-5-25-18(17)30-31/h1-10H,(H,32,33)(H,26,27,28). The predicted molar refractivity (Wildman–Crippen MR) is 117 cm³/mol. The van der Waals surface area contributed by atoms with Crippen molar-refractivity contribution in [2.75, 3.05) is 5.32 Å². The third kappa shape index (κ3) is 4.04. The number of fused-ring (bicyclic) bond motifs is 1. The van der Waals surface area contributed by atoms with E-state index in [-0.39, 0.29) is 22.4 Å². The van der Waals surface area contributed by atoms with Gasteiger partial charge in [-0.3, -0.25) is 4.98 Å². The van der Waals surface area contributed by atoms with E-state index in [4.69, 9.17) is 11.6 Å². The van der Waals surface area contributed by atoms with Crippen molar-refractivity contribution in [3.8, 4) is 16.9 Å². The van der Waals surface area contributed by atoms with Crippen LogP contribution in [0.25, 0.3) is 28.1 Å². The van der Waals surface area contributed by atoms with Crippen LogP contribution in [0.2, 0.25) is 5.02 Å². The number of carboxylic acids is 1. The second-order valence-electron chi connectivity index (χ2n) is 6.79. The van der Waals surface area contributed by atoms with Gasteiger partial charge in [-0.1, -0.05) is 11.6 Å². The number of benzene rings is 1. The van der Waals surface area contributed by atoms with E-state index in [1.165, 1.54) is 47.7 Å². The molecule has 1 aromatic carbocycles. The molecule has 0 spiro atoms. The third-order valence-electron chi connectivity index (χ3n) is 4.59. The molecule has 0 aliphatic rings. The van der Waals surface area contributed by atoms with E-state index < -0.39 is 11.8 Å². The average Bonchev–Trinajstić information content (AvgIpc) is 3.26. The largest absolute Gasteiger partial charge is 0.478 e. The van der Waals surface area contributed by atoms with Gasteiger partial charge < -0.3 is 10.4 Å². The molecule has 4 heterocycles. The molecule has 0 saturated carbocycles. The minimum Gasteiger partial charge on any atom is -0.478 e. The lowest BCUT2D eigenvalue weighted by atomic mass is 10.1. The van der Waals surface area contributed by atoms with E-state index in [0.717, 1.165) is 0 Å². The van der Waals surface area contributed by atoms with Gasteiger partial charge in [0.1, 0.15) is 11.3 Å². The maximum Gasteiger partial charge on any atom is 0.337 e. The fraction of sp³-hybridized carbons (Fsp3) is 0. The van der Waals surface area contributed by atoms with Crippen LogP contribution in [0.3, 0.4) is 0 Å². The summed E-state index contributed by atoms with van der Waals surface area (Å²) in [6.45, 7) is 0. The van der Waals surface area contributed by atoms with Crippen LogP contribution in [0, 0.1) is 5.82 Å². The highest BCUT2D eigenvalue weighted by molar-refractivity contribution is 6.31. The second-order valence-corrected chi connectivity index (χ2v) is 7.20. The summed E-state index contributed by atoms with van der Waals surface area (Å²) in [7, 11) is 0. The SMILES string of the molecule is O=C(O)c1cncc(-c2cnc(Nc3ccc(F)c(Cl)c3)nc2-n2nc3cccnc3n2)c1. The maximum absolute atomic E-state index is 13.5. The molecule has 0 saturated heterocycles. The molecule has 0 aliphatic carbocycles. The zero-order valence-electron chi connectivity index (χ0n) is 16.5. The first-order valence-electron chi connectivity index (χ1n) is 9.44. The summed E-state index contributed by atoms with van der Waals surface area (Å²) in [5, 5.41) is 21.0. The molecule has 5 aromatic rings. The molecule has 0 atom stereocenters. The summed E-state index contributed by atoms with van der Waals surface area (Å²) in [6, 6.07) is 9.04. The van der Waals surface area contributed by atoms with E-state index in [2.05, 4.69) is 35.5 Å². The summed E-state index contributed by atoms with van der Waals surface area (Å²) in [6.07, 6.45) is 5.81. The topological polar surface area (TPSA) is 132 Å². The van der Waals surface area contributed by atoms with Gasteiger partial charge in [0.15, 0.2) is 5.82 Å². The van der Waals surface area contributed by atoms with Gasteiger partial charge in [0.2, 0.25) is 11.6 Å². The Morgan fingerprint density at radius 2 is 1.97 bits per heavy atom. The Kier molecular flexibility index (Phi) is 5.07. The Hall–Kier alpha value is -4.51. The number of carbonyl (C=O) groups is 1. The zero-order valence-corrected chi connectivity index (χ0v) is 17.3. The Balaban J connectivity index is 1.64. The van der Waals surface area contributed by atoms with Crippen LogP contribution in [-0.2, 0) is 0 Å². The first kappa shape index (κ1) is 20.4. The number of aromatic nitrogens is 7. The number of pyridine rings is 2. The molecule has 33 heavy (non-hydrogen) atoms. The highest BCUT2D eigenvalue weighted by atomic mass is 35.5. The van der Waals surface area contributed by atoms with Crippen molar-refractivity contribution in [1.82, 2.24) is 34.9 Å². The number of aromatic carboxylic acids is 1. The van der Waals surface area contributed by atoms with Crippen LogP contribution < -0.4 is 5.32 Å². The third-order valence-corrected chi connectivity index (χ3v) is 4.88. The second kappa shape index (κ2) is 8.20. The highest BCUT2D eigenvalue weighted by Crippen LogP contribution is 2.27. The van der Waals surface area contributed by atoms with Gasteiger partial charge in [-0.15, -0.1) is 15.0 Å². The van der Waals surface area contributed by atoms with E-state index in [0.29, 0.717) is 28.0 Å². The first-order chi connectivity index (χ1) is 16.0. The van der Waals surface area contributed by atoms with Gasteiger partial charge >= 0.3 is 5.97 Å². The van der Waals surface area contributed by atoms with Crippen molar-refractivity contribution in [1.29, 1.82) is 0 Å². The van der Waals surface area contributed by atoms with E-state index in [9.17, 15) is 14.3 Å². The van der Waals surface area contributed by atoms with E-state index in [1.54, 1.807) is 18.3 Å². The Bertz CT molecular complexity index is 1490. The molecular formula is C21H12ClFN8O2. The lowest BCUT2D eigenvalue weighted by Crippen LogP contribution is -2.08. The van der Waals surface area contributed by atoms with Crippen molar-refractivity contribution in [2.24, 2.45) is 0 Å². The van der Waals surface area contributed by atoms with Gasteiger partial charge in [-0.25, -0.2) is 19.2 Å². The first-order valence-corrected chi connectivity index (χ1v) is 9.82. The maximum atomic E-state index is 13.5.